The molecule has 6 nitrogen and oxygen atoms in total. The van der Waals surface area contributed by atoms with E-state index in [0.29, 0.717) is 12.5 Å². The van der Waals surface area contributed by atoms with Gasteiger partial charge in [-0.3, -0.25) is 9.59 Å². The lowest BCUT2D eigenvalue weighted by molar-refractivity contribution is -0.130. The van der Waals surface area contributed by atoms with E-state index < -0.39 is 23.5 Å². The molecule has 1 aliphatic rings. The van der Waals surface area contributed by atoms with Gasteiger partial charge in [0.15, 0.2) is 11.5 Å². The van der Waals surface area contributed by atoms with Gasteiger partial charge in [0.05, 0.1) is 30.6 Å². The normalized spacial score (nSPS) is 17.1. The summed E-state index contributed by atoms with van der Waals surface area (Å²) in [4.78, 5) is 27.3. The van der Waals surface area contributed by atoms with Crippen molar-refractivity contribution in [1.82, 2.24) is 4.90 Å². The predicted octanol–water partition coefficient (Wildman–Crippen LogP) is 4.41. The summed E-state index contributed by atoms with van der Waals surface area (Å²) in [7, 11) is 0. The molecule has 0 spiro atoms. The molecule has 1 aliphatic heterocycles. The molecule has 29 heavy (non-hydrogen) atoms. The van der Waals surface area contributed by atoms with Crippen LogP contribution in [0.2, 0.25) is 0 Å². The molecule has 1 unspecified atom stereocenters. The molecule has 0 radical (unpaired) electrons. The number of aliphatic hydroxyl groups is 1. The fourth-order valence-electron chi connectivity index (χ4n) is 3.45. The largest absolute Gasteiger partial charge is 0.503 e. The highest BCUT2D eigenvalue weighted by Crippen LogP contribution is 2.39. The number of rotatable bonds is 8. The van der Waals surface area contributed by atoms with Crippen LogP contribution in [0.4, 0.5) is 0 Å². The zero-order chi connectivity index (χ0) is 21.1. The number of ether oxygens (including phenoxy) is 1. The van der Waals surface area contributed by atoms with E-state index in [-0.39, 0.29) is 24.0 Å². The van der Waals surface area contributed by atoms with Gasteiger partial charge in [0, 0.05) is 6.54 Å². The Hall–Kier alpha value is -2.86. The minimum absolute atomic E-state index is 0.0160. The number of Topliss-reactive ketones (excluding diaryl/α,β-unsaturated/α-hetero) is 1. The molecule has 2 heterocycles. The molecule has 1 amide bonds. The van der Waals surface area contributed by atoms with Gasteiger partial charge < -0.3 is 19.2 Å². The van der Waals surface area contributed by atoms with Gasteiger partial charge in [0.1, 0.15) is 0 Å². The summed E-state index contributed by atoms with van der Waals surface area (Å²) in [6, 6.07) is 10.2. The van der Waals surface area contributed by atoms with Crippen molar-refractivity contribution in [1.29, 1.82) is 0 Å². The topological polar surface area (TPSA) is 80.0 Å². The molecule has 0 aliphatic carbocycles. The molecule has 0 bridgehead atoms. The Balaban J connectivity index is 1.99. The van der Waals surface area contributed by atoms with Crippen LogP contribution >= 0.6 is 0 Å². The molecule has 1 aromatic carbocycles. The Morgan fingerprint density at radius 1 is 1.17 bits per heavy atom. The fourth-order valence-corrected chi connectivity index (χ4v) is 3.45. The monoisotopic (exact) mass is 397 g/mol. The molecule has 0 fully saturated rings. The average Bonchev–Trinajstić information content (AvgIpc) is 3.30. The van der Waals surface area contributed by atoms with Crippen molar-refractivity contribution in [2.24, 2.45) is 0 Å². The van der Waals surface area contributed by atoms with E-state index in [0.717, 1.165) is 11.1 Å². The molecular weight excluding hydrogens is 370 g/mol. The Labute approximate surface area is 170 Å². The predicted molar refractivity (Wildman–Crippen MR) is 109 cm³/mol. The second-order valence-corrected chi connectivity index (χ2v) is 7.71. The van der Waals surface area contributed by atoms with Crippen molar-refractivity contribution >= 4 is 11.7 Å². The SMILES string of the molecule is CC(C)OCCN1C(=O)C(O)=C(C(=O)c2ccco2)C1c1ccc(C(C)C)cc1. The van der Waals surface area contributed by atoms with E-state index in [4.69, 9.17) is 9.15 Å². The third-order valence-corrected chi connectivity index (χ3v) is 5.00. The molecule has 3 rings (SSSR count). The zero-order valence-electron chi connectivity index (χ0n) is 17.2. The summed E-state index contributed by atoms with van der Waals surface area (Å²) in [5.74, 6) is -1.16. The summed E-state index contributed by atoms with van der Waals surface area (Å²) in [6.45, 7) is 8.58. The smallest absolute Gasteiger partial charge is 0.290 e. The number of hydrogen-bond donors (Lipinski definition) is 1. The van der Waals surface area contributed by atoms with Gasteiger partial charge in [0.2, 0.25) is 5.78 Å². The number of hydrogen-bond acceptors (Lipinski definition) is 5. The van der Waals surface area contributed by atoms with Crippen LogP contribution in [0.1, 0.15) is 61.3 Å². The van der Waals surface area contributed by atoms with Crippen LogP contribution in [0.25, 0.3) is 0 Å². The lowest BCUT2D eigenvalue weighted by atomic mass is 9.93. The zero-order valence-corrected chi connectivity index (χ0v) is 17.2. The first kappa shape index (κ1) is 20.9. The van der Waals surface area contributed by atoms with E-state index in [2.05, 4.69) is 13.8 Å². The van der Waals surface area contributed by atoms with Crippen LogP contribution in [0.15, 0.2) is 58.4 Å². The summed E-state index contributed by atoms with van der Waals surface area (Å²) in [6.07, 6.45) is 1.41. The molecule has 0 saturated carbocycles. The number of benzene rings is 1. The highest BCUT2D eigenvalue weighted by molar-refractivity contribution is 6.15. The fraction of sp³-hybridized carbons (Fsp3) is 0.391. The molecule has 1 N–H and O–H groups in total. The Kier molecular flexibility index (Phi) is 6.23. The van der Waals surface area contributed by atoms with Crippen molar-refractivity contribution in [3.63, 3.8) is 0 Å². The van der Waals surface area contributed by atoms with E-state index in [1.54, 1.807) is 6.07 Å². The second-order valence-electron chi connectivity index (χ2n) is 7.71. The van der Waals surface area contributed by atoms with Crippen molar-refractivity contribution in [2.45, 2.75) is 45.8 Å². The number of amides is 1. The maximum atomic E-state index is 13.0. The van der Waals surface area contributed by atoms with Gasteiger partial charge in [-0.1, -0.05) is 38.1 Å². The number of carbonyl (C=O) groups is 2. The van der Waals surface area contributed by atoms with Gasteiger partial charge >= 0.3 is 0 Å². The van der Waals surface area contributed by atoms with Gasteiger partial charge in [-0.15, -0.1) is 0 Å². The third-order valence-electron chi connectivity index (χ3n) is 5.00. The lowest BCUT2D eigenvalue weighted by Gasteiger charge is -2.27. The summed E-state index contributed by atoms with van der Waals surface area (Å²) < 4.78 is 10.8. The first-order chi connectivity index (χ1) is 13.8. The standard InChI is InChI=1S/C23H27NO5/c1-14(2)16-7-9-17(10-8-16)20-19(21(25)18-6-5-12-29-18)22(26)23(27)24(20)11-13-28-15(3)4/h5-10,12,14-15,20,26H,11,13H2,1-4H3. The van der Waals surface area contributed by atoms with E-state index in [1.165, 1.54) is 17.2 Å². The minimum Gasteiger partial charge on any atom is -0.503 e. The second kappa shape index (κ2) is 8.66. The summed E-state index contributed by atoms with van der Waals surface area (Å²) in [5, 5.41) is 10.6. The number of aliphatic hydroxyl groups excluding tert-OH is 1. The minimum atomic E-state index is -0.697. The summed E-state index contributed by atoms with van der Waals surface area (Å²) >= 11 is 0. The van der Waals surface area contributed by atoms with E-state index in [9.17, 15) is 14.7 Å². The van der Waals surface area contributed by atoms with Gasteiger partial charge in [-0.25, -0.2) is 0 Å². The van der Waals surface area contributed by atoms with Crippen LogP contribution < -0.4 is 0 Å². The van der Waals surface area contributed by atoms with Gasteiger partial charge in [0.25, 0.3) is 5.91 Å². The molecule has 1 aromatic heterocycles. The third kappa shape index (κ3) is 4.27. The Bertz CT molecular complexity index is 894. The molecular formula is C23H27NO5. The maximum Gasteiger partial charge on any atom is 0.290 e. The maximum absolute atomic E-state index is 13.0. The van der Waals surface area contributed by atoms with E-state index in [1.807, 2.05) is 38.1 Å². The van der Waals surface area contributed by atoms with Crippen LogP contribution in [-0.2, 0) is 9.53 Å². The van der Waals surface area contributed by atoms with Gasteiger partial charge in [-0.05, 0) is 43.0 Å². The van der Waals surface area contributed by atoms with Crippen molar-refractivity contribution in [3.8, 4) is 0 Å². The number of ketones is 1. The highest BCUT2D eigenvalue weighted by atomic mass is 16.5. The number of carbonyl (C=O) groups excluding carboxylic acids is 2. The molecule has 6 heteroatoms. The molecule has 1 atom stereocenters. The van der Waals surface area contributed by atoms with Crippen LogP contribution in [0.5, 0.6) is 0 Å². The van der Waals surface area contributed by atoms with Crippen LogP contribution in [0.3, 0.4) is 0 Å². The van der Waals surface area contributed by atoms with Gasteiger partial charge in [-0.2, -0.15) is 0 Å². The van der Waals surface area contributed by atoms with Crippen LogP contribution in [0, 0.1) is 0 Å². The van der Waals surface area contributed by atoms with E-state index >= 15 is 0 Å². The van der Waals surface area contributed by atoms with Crippen molar-refractivity contribution in [3.05, 3.63) is 70.9 Å². The van der Waals surface area contributed by atoms with Crippen LogP contribution in [-0.4, -0.2) is 41.0 Å². The average molecular weight is 397 g/mol. The molecule has 154 valence electrons. The van der Waals surface area contributed by atoms with Crippen molar-refractivity contribution in [2.75, 3.05) is 13.2 Å². The molecule has 2 aromatic rings. The Morgan fingerprint density at radius 2 is 1.86 bits per heavy atom. The van der Waals surface area contributed by atoms with Crippen molar-refractivity contribution < 1.29 is 23.8 Å². The first-order valence-corrected chi connectivity index (χ1v) is 9.85. The first-order valence-electron chi connectivity index (χ1n) is 9.85. The summed E-state index contributed by atoms with van der Waals surface area (Å²) in [5.41, 5.74) is 1.94. The number of nitrogens with zero attached hydrogens (tertiary/aromatic N) is 1. The quantitative estimate of drug-likeness (QED) is 0.668. The highest BCUT2D eigenvalue weighted by Gasteiger charge is 2.44. The molecule has 0 saturated heterocycles. The Morgan fingerprint density at radius 3 is 2.41 bits per heavy atom. The number of furan rings is 1. The lowest BCUT2D eigenvalue weighted by Crippen LogP contribution is -2.34.